The van der Waals surface area contributed by atoms with E-state index in [2.05, 4.69) is 0 Å². The molecule has 6 nitrogen and oxygen atoms in total. The molecule has 180 valence electrons. The summed E-state index contributed by atoms with van der Waals surface area (Å²) in [6, 6.07) is 17.4. The fraction of sp³-hybridized carbons (Fsp3) is 0.296. The first-order chi connectivity index (χ1) is 17.1. The lowest BCUT2D eigenvalue weighted by molar-refractivity contribution is -0.127. The number of thiophene rings is 1. The van der Waals surface area contributed by atoms with Crippen molar-refractivity contribution in [3.05, 3.63) is 81.0 Å². The van der Waals surface area contributed by atoms with Gasteiger partial charge < -0.3 is 9.64 Å². The Morgan fingerprint density at radius 2 is 1.86 bits per heavy atom. The molecule has 2 aromatic carbocycles. The zero-order valence-electron chi connectivity index (χ0n) is 19.8. The molecule has 0 unspecified atom stereocenters. The standard InChI is InChI=1S/C27H27N3O3S2/c1-29(16-18-10-4-3-5-11-18)23(31)17-34-27-28-25-24(19-12-6-9-15-22(19)35-25)26(32)30(27)20-13-7-8-14-21(20)33-2/h3-5,7-8,10-11,13-14H,6,9,12,15-17H2,1-2H3. The number of carbonyl (C=O) groups excluding carboxylic acids is 1. The highest BCUT2D eigenvalue weighted by molar-refractivity contribution is 7.99. The number of nitrogens with zero attached hydrogens (tertiary/aromatic N) is 3. The van der Waals surface area contributed by atoms with Crippen LogP contribution in [0.1, 0.15) is 28.8 Å². The molecule has 0 saturated carbocycles. The van der Waals surface area contributed by atoms with Crippen LogP contribution in [0.3, 0.4) is 0 Å². The maximum Gasteiger partial charge on any atom is 0.267 e. The zero-order valence-corrected chi connectivity index (χ0v) is 21.5. The molecule has 0 aliphatic heterocycles. The van der Waals surface area contributed by atoms with Crippen LogP contribution in [-0.2, 0) is 24.2 Å². The molecule has 0 fully saturated rings. The molecule has 0 saturated heterocycles. The lowest BCUT2D eigenvalue weighted by Gasteiger charge is -2.18. The van der Waals surface area contributed by atoms with Gasteiger partial charge in [0.1, 0.15) is 10.6 Å². The fourth-order valence-corrected chi connectivity index (χ4v) is 6.74. The van der Waals surface area contributed by atoms with E-state index in [0.29, 0.717) is 28.5 Å². The van der Waals surface area contributed by atoms with Crippen LogP contribution in [0.5, 0.6) is 5.75 Å². The number of methoxy groups -OCH3 is 1. The van der Waals surface area contributed by atoms with Crippen molar-refractivity contribution in [1.29, 1.82) is 0 Å². The largest absolute Gasteiger partial charge is 0.495 e. The van der Waals surface area contributed by atoms with Gasteiger partial charge in [-0.1, -0.05) is 54.2 Å². The predicted molar refractivity (Wildman–Crippen MR) is 142 cm³/mol. The Labute approximate surface area is 212 Å². The second-order valence-electron chi connectivity index (χ2n) is 8.62. The minimum Gasteiger partial charge on any atom is -0.495 e. The molecule has 1 aliphatic carbocycles. The third-order valence-corrected chi connectivity index (χ3v) is 8.41. The lowest BCUT2D eigenvalue weighted by Crippen LogP contribution is -2.28. The Morgan fingerprint density at radius 1 is 1.11 bits per heavy atom. The molecule has 35 heavy (non-hydrogen) atoms. The van der Waals surface area contributed by atoms with Gasteiger partial charge in [0.15, 0.2) is 5.16 Å². The molecule has 0 bridgehead atoms. The summed E-state index contributed by atoms with van der Waals surface area (Å²) in [7, 11) is 3.39. The van der Waals surface area contributed by atoms with Gasteiger partial charge in [0.2, 0.25) is 5.91 Å². The van der Waals surface area contributed by atoms with Gasteiger partial charge in [-0.3, -0.25) is 14.2 Å². The van der Waals surface area contributed by atoms with Gasteiger partial charge in [-0.2, -0.15) is 0 Å². The zero-order chi connectivity index (χ0) is 24.4. The summed E-state index contributed by atoms with van der Waals surface area (Å²) in [5.74, 6) is 0.751. The number of hydrogen-bond acceptors (Lipinski definition) is 6. The van der Waals surface area contributed by atoms with Crippen molar-refractivity contribution in [2.45, 2.75) is 37.4 Å². The van der Waals surface area contributed by atoms with Crippen LogP contribution in [0.2, 0.25) is 0 Å². The van der Waals surface area contributed by atoms with Crippen molar-refractivity contribution in [3.8, 4) is 11.4 Å². The molecule has 4 aromatic rings. The van der Waals surface area contributed by atoms with E-state index in [0.717, 1.165) is 41.6 Å². The minimum absolute atomic E-state index is 0.0229. The number of carbonyl (C=O) groups is 1. The number of aryl methyl sites for hydroxylation is 2. The summed E-state index contributed by atoms with van der Waals surface area (Å²) in [5.41, 5.74) is 2.76. The summed E-state index contributed by atoms with van der Waals surface area (Å²) in [5, 5.41) is 1.22. The van der Waals surface area contributed by atoms with Crippen LogP contribution < -0.4 is 10.3 Å². The molecule has 8 heteroatoms. The summed E-state index contributed by atoms with van der Waals surface area (Å²) < 4.78 is 7.20. The maximum absolute atomic E-state index is 13.9. The Hall–Kier alpha value is -3.10. The van der Waals surface area contributed by atoms with Crippen LogP contribution >= 0.6 is 23.1 Å². The second-order valence-corrected chi connectivity index (χ2v) is 10.6. The summed E-state index contributed by atoms with van der Waals surface area (Å²) >= 11 is 2.91. The number of hydrogen-bond donors (Lipinski definition) is 0. The van der Waals surface area contributed by atoms with Crippen molar-refractivity contribution in [3.63, 3.8) is 0 Å². The number of para-hydroxylation sites is 2. The third-order valence-electron chi connectivity index (χ3n) is 6.30. The van der Waals surface area contributed by atoms with Crippen LogP contribution in [0.15, 0.2) is 64.5 Å². The van der Waals surface area contributed by atoms with Crippen molar-refractivity contribution >= 4 is 39.2 Å². The number of fused-ring (bicyclic) bond motifs is 3. The van der Waals surface area contributed by atoms with Crippen molar-refractivity contribution < 1.29 is 9.53 Å². The first-order valence-corrected chi connectivity index (χ1v) is 13.5. The van der Waals surface area contributed by atoms with E-state index in [4.69, 9.17) is 9.72 Å². The van der Waals surface area contributed by atoms with Gasteiger partial charge >= 0.3 is 0 Å². The van der Waals surface area contributed by atoms with Crippen LogP contribution in [0, 0.1) is 0 Å². The topological polar surface area (TPSA) is 64.4 Å². The average molecular weight is 506 g/mol. The normalized spacial score (nSPS) is 13.0. The van der Waals surface area contributed by atoms with E-state index in [-0.39, 0.29) is 17.2 Å². The Bertz CT molecular complexity index is 1430. The third kappa shape index (κ3) is 4.73. The second kappa shape index (κ2) is 10.3. The van der Waals surface area contributed by atoms with Gasteiger partial charge in [0, 0.05) is 18.5 Å². The Balaban J connectivity index is 1.52. The number of ether oxygens (including phenoxy) is 1. The SMILES string of the molecule is COc1ccccc1-n1c(SCC(=O)N(C)Cc2ccccc2)nc2sc3c(c2c1=O)CCCC3. The van der Waals surface area contributed by atoms with E-state index in [1.54, 1.807) is 35.0 Å². The van der Waals surface area contributed by atoms with Crippen LogP contribution in [-0.4, -0.2) is 40.3 Å². The first kappa shape index (κ1) is 23.6. The smallest absolute Gasteiger partial charge is 0.267 e. The average Bonchev–Trinajstić information content (AvgIpc) is 3.26. The number of aromatic nitrogens is 2. The quantitative estimate of drug-likeness (QED) is 0.259. The molecule has 2 heterocycles. The van der Waals surface area contributed by atoms with Gasteiger partial charge in [-0.25, -0.2) is 4.98 Å². The summed E-state index contributed by atoms with van der Waals surface area (Å²) in [6.07, 6.45) is 4.14. The molecule has 0 N–H and O–H groups in total. The number of benzene rings is 2. The van der Waals surface area contributed by atoms with Gasteiger partial charge in [-0.05, 0) is 48.9 Å². The molecule has 2 aromatic heterocycles. The Kier molecular flexibility index (Phi) is 6.92. The minimum atomic E-state index is -0.0912. The molecule has 1 amide bonds. The highest BCUT2D eigenvalue weighted by atomic mass is 32.2. The van der Waals surface area contributed by atoms with Gasteiger partial charge in [0.25, 0.3) is 5.56 Å². The molecular weight excluding hydrogens is 478 g/mol. The van der Waals surface area contributed by atoms with Crippen molar-refractivity contribution in [2.75, 3.05) is 19.9 Å². The highest BCUT2D eigenvalue weighted by Gasteiger charge is 2.24. The van der Waals surface area contributed by atoms with E-state index in [9.17, 15) is 9.59 Å². The molecule has 0 spiro atoms. The van der Waals surface area contributed by atoms with Crippen LogP contribution in [0.4, 0.5) is 0 Å². The van der Waals surface area contributed by atoms with Crippen molar-refractivity contribution in [1.82, 2.24) is 14.5 Å². The van der Waals surface area contributed by atoms with E-state index >= 15 is 0 Å². The fourth-order valence-electron chi connectivity index (χ4n) is 4.49. The monoisotopic (exact) mass is 505 g/mol. The maximum atomic E-state index is 13.9. The molecular formula is C27H27N3O3S2. The number of amides is 1. The van der Waals surface area contributed by atoms with Crippen molar-refractivity contribution in [2.24, 2.45) is 0 Å². The Morgan fingerprint density at radius 3 is 2.66 bits per heavy atom. The summed E-state index contributed by atoms with van der Waals surface area (Å²) in [6.45, 7) is 0.531. The lowest BCUT2D eigenvalue weighted by atomic mass is 9.97. The first-order valence-electron chi connectivity index (χ1n) is 11.7. The summed E-state index contributed by atoms with van der Waals surface area (Å²) in [4.78, 5) is 35.6. The number of rotatable bonds is 7. The van der Waals surface area contributed by atoms with Gasteiger partial charge in [-0.15, -0.1) is 11.3 Å². The number of thioether (sulfide) groups is 1. The van der Waals surface area contributed by atoms with E-state index in [1.165, 1.54) is 16.6 Å². The molecule has 0 atom stereocenters. The predicted octanol–water partition coefficient (Wildman–Crippen LogP) is 5.09. The molecule has 1 aliphatic rings. The van der Waals surface area contributed by atoms with E-state index in [1.807, 2.05) is 54.6 Å². The molecule has 0 radical (unpaired) electrons. The van der Waals surface area contributed by atoms with E-state index < -0.39 is 0 Å². The van der Waals surface area contributed by atoms with Gasteiger partial charge in [0.05, 0.1) is 23.9 Å². The molecule has 5 rings (SSSR count). The highest BCUT2D eigenvalue weighted by Crippen LogP contribution is 2.36. The van der Waals surface area contributed by atoms with Crippen LogP contribution in [0.25, 0.3) is 15.9 Å².